The van der Waals surface area contributed by atoms with Crippen LogP contribution in [0.4, 0.5) is 4.39 Å². The van der Waals surface area contributed by atoms with E-state index >= 15 is 0 Å². The molecule has 1 aliphatic heterocycles. The smallest absolute Gasteiger partial charge is 0.272 e. The molecule has 1 N–H and O–H groups in total. The van der Waals surface area contributed by atoms with Crippen LogP contribution in [-0.2, 0) is 18.0 Å². The molecule has 4 heterocycles. The molecule has 1 amide bonds. The predicted octanol–water partition coefficient (Wildman–Crippen LogP) is 2.79. The zero-order chi connectivity index (χ0) is 21.6. The molecule has 162 valence electrons. The number of halogens is 1. The van der Waals surface area contributed by atoms with Crippen LogP contribution >= 0.6 is 0 Å². The summed E-state index contributed by atoms with van der Waals surface area (Å²) in [5, 5.41) is 14.8. The van der Waals surface area contributed by atoms with Crippen molar-refractivity contribution in [2.45, 2.75) is 39.1 Å². The van der Waals surface area contributed by atoms with E-state index in [9.17, 15) is 9.18 Å². The summed E-state index contributed by atoms with van der Waals surface area (Å²) in [6.07, 6.45) is 3.19. The van der Waals surface area contributed by atoms with Gasteiger partial charge in [0.1, 0.15) is 12.3 Å². The molecule has 0 unspecified atom stereocenters. The molecule has 1 aliphatic rings. The average molecular weight is 427 g/mol. The topological polar surface area (TPSA) is 112 Å². The number of carbonyl (C=O) groups excluding carboxylic acids is 1. The second-order valence-electron chi connectivity index (χ2n) is 7.16. The minimum Gasteiger partial charge on any atom is -0.471 e. The summed E-state index contributed by atoms with van der Waals surface area (Å²) in [4.78, 5) is 16.5. The average Bonchev–Trinajstić information content (AvgIpc) is 3.22. The van der Waals surface area contributed by atoms with Crippen LogP contribution in [0, 0.1) is 6.92 Å². The fourth-order valence-corrected chi connectivity index (χ4v) is 3.20. The largest absolute Gasteiger partial charge is 0.471 e. The van der Waals surface area contributed by atoms with E-state index in [1.54, 1.807) is 12.3 Å². The highest BCUT2D eigenvalue weighted by atomic mass is 19.1. The minimum absolute atomic E-state index is 0.0196. The highest BCUT2D eigenvalue weighted by Crippen LogP contribution is 2.27. The molecule has 0 bridgehead atoms. The Kier molecular flexibility index (Phi) is 6.46. The van der Waals surface area contributed by atoms with Crippen LogP contribution in [0.15, 0.2) is 35.0 Å². The number of alkyl halides is 1. The highest BCUT2D eigenvalue weighted by molar-refractivity contribution is 5.92. The Hall–Kier alpha value is -3.40. The van der Waals surface area contributed by atoms with Crippen LogP contribution in [0.2, 0.25) is 0 Å². The maximum absolute atomic E-state index is 13.4. The van der Waals surface area contributed by atoms with Gasteiger partial charge in [-0.3, -0.25) is 9.78 Å². The van der Waals surface area contributed by atoms with Crippen molar-refractivity contribution in [2.24, 2.45) is 0 Å². The normalized spacial score (nSPS) is 14.4. The Morgan fingerprint density at radius 2 is 2.06 bits per heavy atom. The van der Waals surface area contributed by atoms with Gasteiger partial charge < -0.3 is 19.3 Å². The van der Waals surface area contributed by atoms with Gasteiger partial charge >= 0.3 is 0 Å². The lowest BCUT2D eigenvalue weighted by molar-refractivity contribution is 0.0693. The second-order valence-corrected chi connectivity index (χ2v) is 7.16. The molecule has 10 heteroatoms. The van der Waals surface area contributed by atoms with Gasteiger partial charge in [-0.1, -0.05) is 5.16 Å². The summed E-state index contributed by atoms with van der Waals surface area (Å²) in [5.41, 5.74) is 2.67. The molecule has 0 spiro atoms. The van der Waals surface area contributed by atoms with Crippen LogP contribution in [0.3, 0.4) is 0 Å². The molecule has 0 atom stereocenters. The van der Waals surface area contributed by atoms with E-state index in [1.165, 1.54) is 6.07 Å². The number of carbonyl (C=O) groups is 1. The third-order valence-electron chi connectivity index (χ3n) is 4.97. The highest BCUT2D eigenvalue weighted by Gasteiger charge is 2.20. The molecule has 0 saturated carbocycles. The van der Waals surface area contributed by atoms with E-state index in [1.807, 2.05) is 19.1 Å². The van der Waals surface area contributed by atoms with Crippen LogP contribution in [0.5, 0.6) is 5.88 Å². The summed E-state index contributed by atoms with van der Waals surface area (Å²) in [5.74, 6) is -0.0172. The van der Waals surface area contributed by atoms with E-state index < -0.39 is 6.67 Å². The zero-order valence-corrected chi connectivity index (χ0v) is 17.0. The zero-order valence-electron chi connectivity index (χ0n) is 17.0. The molecule has 1 fully saturated rings. The number of hydrogen-bond acceptors (Lipinski definition) is 8. The van der Waals surface area contributed by atoms with Gasteiger partial charge in [0.15, 0.2) is 18.1 Å². The number of rotatable bonds is 7. The first-order chi connectivity index (χ1) is 15.1. The number of nitrogens with one attached hydrogen (secondary N) is 1. The molecule has 3 aromatic rings. The molecule has 0 aliphatic carbocycles. The van der Waals surface area contributed by atoms with Gasteiger partial charge in [0.05, 0.1) is 5.56 Å². The lowest BCUT2D eigenvalue weighted by Crippen LogP contribution is -2.39. The van der Waals surface area contributed by atoms with E-state index in [-0.39, 0.29) is 35.9 Å². The quantitative estimate of drug-likeness (QED) is 0.613. The number of aryl methyl sites for hydroxylation is 1. The first-order valence-corrected chi connectivity index (χ1v) is 9.95. The van der Waals surface area contributed by atoms with E-state index in [4.69, 9.17) is 14.0 Å². The van der Waals surface area contributed by atoms with Crippen molar-refractivity contribution in [1.82, 2.24) is 25.7 Å². The maximum atomic E-state index is 13.4. The first-order valence-electron chi connectivity index (χ1n) is 9.95. The summed E-state index contributed by atoms with van der Waals surface area (Å²) in [6, 6.07) is 6.81. The van der Waals surface area contributed by atoms with Gasteiger partial charge in [0.25, 0.3) is 5.91 Å². The maximum Gasteiger partial charge on any atom is 0.272 e. The van der Waals surface area contributed by atoms with Crippen molar-refractivity contribution in [2.75, 3.05) is 13.2 Å². The van der Waals surface area contributed by atoms with Crippen molar-refractivity contribution in [3.8, 4) is 17.1 Å². The second kappa shape index (κ2) is 9.61. The lowest BCUT2D eigenvalue weighted by atomic mass is 10.1. The Balaban J connectivity index is 1.42. The Labute approximate surface area is 178 Å². The third-order valence-corrected chi connectivity index (χ3v) is 4.97. The monoisotopic (exact) mass is 427 g/mol. The number of amides is 1. The van der Waals surface area contributed by atoms with Crippen LogP contribution < -0.4 is 10.1 Å². The molecule has 4 rings (SSSR count). The number of ether oxygens (including phenoxy) is 2. The predicted molar refractivity (Wildman–Crippen MR) is 107 cm³/mol. The van der Waals surface area contributed by atoms with Gasteiger partial charge in [-0.25, -0.2) is 4.39 Å². The molecular weight excluding hydrogens is 405 g/mol. The summed E-state index contributed by atoms with van der Waals surface area (Å²) in [6.45, 7) is 2.30. The molecule has 9 nitrogen and oxygen atoms in total. The van der Waals surface area contributed by atoms with Gasteiger partial charge in [0.2, 0.25) is 5.88 Å². The van der Waals surface area contributed by atoms with Crippen molar-refractivity contribution >= 4 is 5.91 Å². The molecule has 0 radical (unpaired) electrons. The van der Waals surface area contributed by atoms with Crippen molar-refractivity contribution in [3.63, 3.8) is 0 Å². The Morgan fingerprint density at radius 1 is 1.23 bits per heavy atom. The van der Waals surface area contributed by atoms with E-state index in [2.05, 4.69) is 25.7 Å². The molecule has 0 aromatic carbocycles. The van der Waals surface area contributed by atoms with Crippen molar-refractivity contribution in [3.05, 3.63) is 53.2 Å². The fraction of sp³-hybridized carbons (Fsp3) is 0.381. The molecule has 31 heavy (non-hydrogen) atoms. The summed E-state index contributed by atoms with van der Waals surface area (Å²) >= 11 is 0. The van der Waals surface area contributed by atoms with Gasteiger partial charge in [-0.15, -0.1) is 10.2 Å². The number of pyridine rings is 1. The van der Waals surface area contributed by atoms with Crippen LogP contribution in [-0.4, -0.2) is 45.5 Å². The Morgan fingerprint density at radius 3 is 2.74 bits per heavy atom. The minimum atomic E-state index is -0.817. The summed E-state index contributed by atoms with van der Waals surface area (Å²) < 4.78 is 29.4. The SMILES string of the molecule is Cc1ccc(-c2noc(CF)c2COc2ccc(C(=O)NC3CCOCC3)nn2)cn1. The van der Waals surface area contributed by atoms with Crippen LogP contribution in [0.1, 0.15) is 40.3 Å². The molecular formula is C21H22FN5O4. The van der Waals surface area contributed by atoms with Gasteiger partial charge in [-0.2, -0.15) is 0 Å². The number of aromatic nitrogens is 4. The lowest BCUT2D eigenvalue weighted by Gasteiger charge is -2.22. The van der Waals surface area contributed by atoms with Crippen LogP contribution in [0.25, 0.3) is 11.3 Å². The van der Waals surface area contributed by atoms with Crippen molar-refractivity contribution in [1.29, 1.82) is 0 Å². The van der Waals surface area contributed by atoms with E-state index in [0.717, 1.165) is 18.5 Å². The third kappa shape index (κ3) is 5.02. The van der Waals surface area contributed by atoms with Crippen molar-refractivity contribution < 1.29 is 23.2 Å². The standard InChI is InChI=1S/C21H22FN5O4/c1-13-2-3-14(11-23-13)20-16(18(10-22)31-27-20)12-30-19-5-4-17(25-26-19)21(28)24-15-6-8-29-9-7-15/h2-5,11,15H,6-10,12H2,1H3,(H,24,28). The van der Waals surface area contributed by atoms with Gasteiger partial charge in [0, 0.05) is 42.8 Å². The molecule has 1 saturated heterocycles. The Bertz CT molecular complexity index is 1020. The van der Waals surface area contributed by atoms with E-state index in [0.29, 0.717) is 30.0 Å². The summed E-state index contributed by atoms with van der Waals surface area (Å²) in [7, 11) is 0. The fourth-order valence-electron chi connectivity index (χ4n) is 3.20. The number of nitrogens with zero attached hydrogens (tertiary/aromatic N) is 4. The number of hydrogen-bond donors (Lipinski definition) is 1. The van der Waals surface area contributed by atoms with Gasteiger partial charge in [-0.05, 0) is 38.0 Å². The molecule has 3 aromatic heterocycles. The first kappa shape index (κ1) is 20.9.